The molecule has 0 spiro atoms. The van der Waals surface area contributed by atoms with Crippen LogP contribution >= 0.6 is 0 Å². The molecule has 1 aliphatic carbocycles. The van der Waals surface area contributed by atoms with Gasteiger partial charge in [-0.15, -0.1) is 0 Å². The Labute approximate surface area is 127 Å². The van der Waals surface area contributed by atoms with E-state index in [1.807, 2.05) is 0 Å². The predicted molar refractivity (Wildman–Crippen MR) is 80.1 cm³/mol. The Morgan fingerprint density at radius 3 is 2.38 bits per heavy atom. The quantitative estimate of drug-likeness (QED) is 0.826. The van der Waals surface area contributed by atoms with Gasteiger partial charge in [-0.05, 0) is 50.4 Å². The van der Waals surface area contributed by atoms with Crippen LogP contribution in [0.25, 0.3) is 0 Å². The highest BCUT2D eigenvalue weighted by Gasteiger charge is 2.38. The summed E-state index contributed by atoms with van der Waals surface area (Å²) in [5, 5.41) is 9.21. The average Bonchev–Trinajstić information content (AvgIpc) is 2.41. The lowest BCUT2D eigenvalue weighted by Gasteiger charge is -2.37. The average molecular weight is 318 g/mol. The number of hydrogen-bond donors (Lipinski definition) is 2. The smallest absolute Gasteiger partial charge is 0.322 e. The van der Waals surface area contributed by atoms with Crippen molar-refractivity contribution in [2.24, 2.45) is 5.41 Å². The topological polar surface area (TPSA) is 86.7 Å². The van der Waals surface area contributed by atoms with Gasteiger partial charge in [0.2, 0.25) is 0 Å². The van der Waals surface area contributed by atoms with Crippen LogP contribution in [0.1, 0.15) is 58.8 Å². The Morgan fingerprint density at radius 1 is 1.19 bits per heavy atom. The second-order valence-electron chi connectivity index (χ2n) is 7.02. The molecule has 1 heterocycles. The molecule has 2 N–H and O–H groups in total. The van der Waals surface area contributed by atoms with Gasteiger partial charge in [0.05, 0.1) is 0 Å². The Kier molecular flexibility index (Phi) is 4.95. The second kappa shape index (κ2) is 6.22. The molecule has 0 aromatic carbocycles. The third-order valence-electron chi connectivity index (χ3n) is 4.70. The summed E-state index contributed by atoms with van der Waals surface area (Å²) in [6.45, 7) is 4.69. The normalized spacial score (nSPS) is 28.4. The van der Waals surface area contributed by atoms with E-state index in [-0.39, 0.29) is 11.5 Å². The Balaban J connectivity index is 2.02. The standard InChI is InChI=1S/C14H26N2O4S/c1-14(2)8-6-11(7-9-14)15-21(19,20)16-10-4-3-5-12(16)13(17)18/h11-12,15H,3-10H2,1-2H3,(H,17,18). The highest BCUT2D eigenvalue weighted by Crippen LogP contribution is 2.35. The van der Waals surface area contributed by atoms with Gasteiger partial charge in [-0.1, -0.05) is 13.8 Å². The maximum atomic E-state index is 12.5. The molecule has 2 aliphatic rings. The summed E-state index contributed by atoms with van der Waals surface area (Å²) >= 11 is 0. The molecule has 6 nitrogen and oxygen atoms in total. The molecule has 1 unspecified atom stereocenters. The van der Waals surface area contributed by atoms with Crippen molar-refractivity contribution in [1.29, 1.82) is 0 Å². The second-order valence-corrected chi connectivity index (χ2v) is 8.68. The van der Waals surface area contributed by atoms with Crippen LogP contribution in [0.5, 0.6) is 0 Å². The van der Waals surface area contributed by atoms with Crippen molar-refractivity contribution in [3.63, 3.8) is 0 Å². The summed E-state index contributed by atoms with van der Waals surface area (Å²) in [5.41, 5.74) is 0.274. The first-order valence-corrected chi connectivity index (χ1v) is 9.17. The Morgan fingerprint density at radius 2 is 1.81 bits per heavy atom. The lowest BCUT2D eigenvalue weighted by atomic mass is 9.76. The number of carboxylic acids is 1. The van der Waals surface area contributed by atoms with Crippen LogP contribution in [0.15, 0.2) is 0 Å². The van der Waals surface area contributed by atoms with Gasteiger partial charge in [0.25, 0.3) is 10.2 Å². The maximum Gasteiger partial charge on any atom is 0.322 e. The molecule has 0 aromatic heterocycles. The van der Waals surface area contributed by atoms with E-state index < -0.39 is 22.2 Å². The SMILES string of the molecule is CC1(C)CCC(NS(=O)(=O)N2CCCCC2C(=O)O)CC1. The lowest BCUT2D eigenvalue weighted by molar-refractivity contribution is -0.142. The number of aliphatic carboxylic acids is 1. The predicted octanol–water partition coefficient (Wildman–Crippen LogP) is 1.73. The summed E-state index contributed by atoms with van der Waals surface area (Å²) in [5.74, 6) is -1.05. The molecule has 0 amide bonds. The molecule has 0 radical (unpaired) electrons. The number of hydrogen-bond acceptors (Lipinski definition) is 3. The van der Waals surface area contributed by atoms with E-state index in [1.54, 1.807) is 0 Å². The molecule has 0 aromatic rings. The van der Waals surface area contributed by atoms with Crippen LogP contribution in [0.3, 0.4) is 0 Å². The number of carbonyl (C=O) groups is 1. The number of rotatable bonds is 4. The van der Waals surface area contributed by atoms with E-state index in [0.717, 1.165) is 42.8 Å². The molecule has 2 fully saturated rings. The molecule has 7 heteroatoms. The molecule has 1 saturated carbocycles. The van der Waals surface area contributed by atoms with Gasteiger partial charge in [-0.2, -0.15) is 17.4 Å². The molecule has 1 saturated heterocycles. The van der Waals surface area contributed by atoms with Crippen molar-refractivity contribution >= 4 is 16.2 Å². The minimum atomic E-state index is -3.71. The van der Waals surface area contributed by atoms with E-state index >= 15 is 0 Å². The van der Waals surface area contributed by atoms with Crippen LogP contribution < -0.4 is 4.72 Å². The van der Waals surface area contributed by atoms with Crippen LogP contribution in [-0.2, 0) is 15.0 Å². The molecular weight excluding hydrogens is 292 g/mol. The van der Waals surface area contributed by atoms with Gasteiger partial charge >= 0.3 is 5.97 Å². The first-order chi connectivity index (χ1) is 9.71. The van der Waals surface area contributed by atoms with Crippen molar-refractivity contribution in [1.82, 2.24) is 9.03 Å². The van der Waals surface area contributed by atoms with Gasteiger partial charge < -0.3 is 5.11 Å². The first-order valence-electron chi connectivity index (χ1n) is 7.73. The summed E-state index contributed by atoms with van der Waals surface area (Å²) < 4.78 is 28.8. The van der Waals surface area contributed by atoms with E-state index in [0.29, 0.717) is 13.0 Å². The summed E-state index contributed by atoms with van der Waals surface area (Å²) in [6, 6.07) is -0.990. The van der Waals surface area contributed by atoms with Gasteiger partial charge in [-0.3, -0.25) is 4.79 Å². The van der Waals surface area contributed by atoms with Crippen molar-refractivity contribution < 1.29 is 18.3 Å². The first kappa shape index (κ1) is 16.7. The van der Waals surface area contributed by atoms with Crippen LogP contribution in [0.4, 0.5) is 0 Å². The minimum Gasteiger partial charge on any atom is -0.480 e. The molecule has 122 valence electrons. The van der Waals surface area contributed by atoms with E-state index in [9.17, 15) is 18.3 Å². The summed E-state index contributed by atoms with van der Waals surface area (Å²) in [4.78, 5) is 11.3. The van der Waals surface area contributed by atoms with Crippen molar-refractivity contribution in [3.05, 3.63) is 0 Å². The monoisotopic (exact) mass is 318 g/mol. The Hall–Kier alpha value is -0.660. The number of carboxylic acid groups (broad SMARTS) is 1. The third-order valence-corrected chi connectivity index (χ3v) is 6.39. The Bertz CT molecular complexity index is 479. The van der Waals surface area contributed by atoms with Crippen LogP contribution in [0.2, 0.25) is 0 Å². The number of nitrogens with zero attached hydrogens (tertiary/aromatic N) is 1. The zero-order chi connectivity index (χ0) is 15.7. The molecule has 1 aliphatic heterocycles. The van der Waals surface area contributed by atoms with Crippen molar-refractivity contribution in [3.8, 4) is 0 Å². The fourth-order valence-electron chi connectivity index (χ4n) is 3.23. The molecule has 1 atom stereocenters. The van der Waals surface area contributed by atoms with E-state index in [2.05, 4.69) is 18.6 Å². The van der Waals surface area contributed by atoms with E-state index in [4.69, 9.17) is 0 Å². The lowest BCUT2D eigenvalue weighted by Crippen LogP contribution is -2.54. The summed E-state index contributed by atoms with van der Waals surface area (Å²) in [7, 11) is -3.71. The molecule has 0 bridgehead atoms. The fourth-order valence-corrected chi connectivity index (χ4v) is 4.93. The number of piperidine rings is 1. The minimum absolute atomic E-state index is 0.0700. The van der Waals surface area contributed by atoms with Gasteiger partial charge in [-0.25, -0.2) is 0 Å². The zero-order valence-corrected chi connectivity index (χ0v) is 13.7. The highest BCUT2D eigenvalue weighted by atomic mass is 32.2. The van der Waals surface area contributed by atoms with Crippen LogP contribution in [0, 0.1) is 5.41 Å². The molecular formula is C14H26N2O4S. The van der Waals surface area contributed by atoms with Gasteiger partial charge in [0.1, 0.15) is 6.04 Å². The summed E-state index contributed by atoms with van der Waals surface area (Å²) in [6.07, 6.45) is 5.50. The van der Waals surface area contributed by atoms with Crippen LogP contribution in [-0.4, -0.2) is 42.4 Å². The highest BCUT2D eigenvalue weighted by molar-refractivity contribution is 7.87. The van der Waals surface area contributed by atoms with E-state index in [1.165, 1.54) is 0 Å². The largest absolute Gasteiger partial charge is 0.480 e. The van der Waals surface area contributed by atoms with Crippen molar-refractivity contribution in [2.45, 2.75) is 70.9 Å². The van der Waals surface area contributed by atoms with Gasteiger partial charge in [0.15, 0.2) is 0 Å². The fraction of sp³-hybridized carbons (Fsp3) is 0.929. The van der Waals surface area contributed by atoms with Gasteiger partial charge in [0, 0.05) is 12.6 Å². The number of nitrogens with one attached hydrogen (secondary N) is 1. The molecule has 2 rings (SSSR count). The zero-order valence-electron chi connectivity index (χ0n) is 12.8. The van der Waals surface area contributed by atoms with Crippen molar-refractivity contribution in [2.75, 3.05) is 6.54 Å². The third kappa shape index (κ3) is 4.17. The maximum absolute atomic E-state index is 12.5. The molecule has 21 heavy (non-hydrogen) atoms.